The maximum absolute atomic E-state index is 12.5. The third-order valence-electron chi connectivity index (χ3n) is 5.78. The van der Waals surface area contributed by atoms with Crippen molar-refractivity contribution >= 4 is 5.91 Å². The van der Waals surface area contributed by atoms with Gasteiger partial charge in [0.05, 0.1) is 6.04 Å². The van der Waals surface area contributed by atoms with Crippen LogP contribution in [0.2, 0.25) is 0 Å². The van der Waals surface area contributed by atoms with Gasteiger partial charge in [0.25, 0.3) is 5.91 Å². The highest BCUT2D eigenvalue weighted by molar-refractivity contribution is 5.92. The molecule has 138 valence electrons. The second-order valence-corrected chi connectivity index (χ2v) is 7.80. The molecule has 1 aromatic carbocycles. The molecule has 7 heteroatoms. The molecule has 1 fully saturated rings. The van der Waals surface area contributed by atoms with E-state index in [-0.39, 0.29) is 17.4 Å². The van der Waals surface area contributed by atoms with E-state index in [1.165, 1.54) is 5.56 Å². The Bertz CT molecular complexity index is 1030. The van der Waals surface area contributed by atoms with E-state index in [1.54, 1.807) is 24.0 Å². The van der Waals surface area contributed by atoms with Crippen LogP contribution >= 0.6 is 0 Å². The van der Waals surface area contributed by atoms with Crippen LogP contribution in [0.5, 0.6) is 0 Å². The second kappa shape index (κ2) is 5.77. The lowest BCUT2D eigenvalue weighted by molar-refractivity contribution is 0.0927. The summed E-state index contributed by atoms with van der Waals surface area (Å²) < 4.78 is 7.05. The number of fused-ring (bicyclic) bond motifs is 1. The molecule has 2 heterocycles. The molecular formula is C20H21N5O2. The van der Waals surface area contributed by atoms with Gasteiger partial charge >= 0.3 is 0 Å². The van der Waals surface area contributed by atoms with Gasteiger partial charge < -0.3 is 9.84 Å². The van der Waals surface area contributed by atoms with Crippen LogP contribution in [-0.4, -0.2) is 25.8 Å². The molecule has 1 saturated carbocycles. The summed E-state index contributed by atoms with van der Waals surface area (Å²) in [5.41, 5.74) is 3.99. The van der Waals surface area contributed by atoms with E-state index < -0.39 is 0 Å². The van der Waals surface area contributed by atoms with Gasteiger partial charge in [0.15, 0.2) is 0 Å². The van der Waals surface area contributed by atoms with Crippen LogP contribution in [0.3, 0.4) is 0 Å². The van der Waals surface area contributed by atoms with Crippen LogP contribution in [0.15, 0.2) is 35.0 Å². The molecule has 0 saturated heterocycles. The number of rotatable bonds is 4. The van der Waals surface area contributed by atoms with Crippen molar-refractivity contribution in [3.8, 4) is 11.4 Å². The molecule has 0 spiro atoms. The summed E-state index contributed by atoms with van der Waals surface area (Å²) in [5, 5.41) is 11.3. The largest absolute Gasteiger partial charge is 0.344 e. The number of carbonyl (C=O) groups is 1. The summed E-state index contributed by atoms with van der Waals surface area (Å²) in [6.45, 7) is 2.16. The molecule has 0 unspecified atom stereocenters. The van der Waals surface area contributed by atoms with Crippen molar-refractivity contribution in [2.75, 3.05) is 0 Å². The van der Waals surface area contributed by atoms with Crippen molar-refractivity contribution in [3.63, 3.8) is 0 Å². The van der Waals surface area contributed by atoms with Gasteiger partial charge in [-0.15, -0.1) is 0 Å². The van der Waals surface area contributed by atoms with E-state index in [0.29, 0.717) is 11.5 Å². The number of nitrogens with one attached hydrogen (secondary N) is 1. The Morgan fingerprint density at radius 1 is 1.33 bits per heavy atom. The molecule has 7 nitrogen and oxygen atoms in total. The number of benzene rings is 1. The minimum absolute atomic E-state index is 0.0163. The standard InChI is InChI=1S/C20H21N5O2/c1-20(8-9-20)19-23-17(24-27-19)13-3-5-14-12(11-13)4-6-15(14)22-18(26)16-7-10-21-25(16)2/h3,5,7,10-11,15H,4,6,8-9H2,1-2H3,(H,22,26)/t15-/m1/s1. The fourth-order valence-electron chi connectivity index (χ4n) is 3.72. The number of carbonyl (C=O) groups excluding carboxylic acids is 1. The Kier molecular flexibility index (Phi) is 3.47. The fourth-order valence-corrected chi connectivity index (χ4v) is 3.72. The van der Waals surface area contributed by atoms with Gasteiger partial charge in [-0.2, -0.15) is 10.1 Å². The van der Waals surface area contributed by atoms with E-state index in [1.807, 2.05) is 6.07 Å². The van der Waals surface area contributed by atoms with E-state index in [9.17, 15) is 4.79 Å². The number of aryl methyl sites for hydroxylation is 2. The summed E-state index contributed by atoms with van der Waals surface area (Å²) in [7, 11) is 1.77. The Morgan fingerprint density at radius 2 is 2.19 bits per heavy atom. The average molecular weight is 363 g/mol. The third kappa shape index (κ3) is 2.74. The van der Waals surface area contributed by atoms with Crippen molar-refractivity contribution in [3.05, 3.63) is 53.2 Å². The zero-order valence-electron chi connectivity index (χ0n) is 15.4. The minimum Gasteiger partial charge on any atom is -0.344 e. The molecule has 1 atom stereocenters. The van der Waals surface area contributed by atoms with Crippen LogP contribution in [0.1, 0.15) is 59.7 Å². The normalized spacial score (nSPS) is 19.7. The first-order chi connectivity index (χ1) is 13.0. The summed E-state index contributed by atoms with van der Waals surface area (Å²) in [5.74, 6) is 1.28. The van der Waals surface area contributed by atoms with E-state index in [0.717, 1.165) is 42.7 Å². The first kappa shape index (κ1) is 16.2. The average Bonchev–Trinajstić information content (AvgIpc) is 3.07. The molecule has 2 aliphatic rings. The number of hydrogen-bond acceptors (Lipinski definition) is 5. The maximum Gasteiger partial charge on any atom is 0.270 e. The Labute approximate surface area is 156 Å². The van der Waals surface area contributed by atoms with Crippen LogP contribution in [0.25, 0.3) is 11.4 Å². The Morgan fingerprint density at radius 3 is 2.93 bits per heavy atom. The first-order valence-electron chi connectivity index (χ1n) is 9.30. The molecule has 27 heavy (non-hydrogen) atoms. The zero-order chi connectivity index (χ0) is 18.6. The lowest BCUT2D eigenvalue weighted by Crippen LogP contribution is -2.28. The van der Waals surface area contributed by atoms with E-state index in [4.69, 9.17) is 4.52 Å². The van der Waals surface area contributed by atoms with Crippen LogP contribution in [0.4, 0.5) is 0 Å². The molecule has 5 rings (SSSR count). The summed E-state index contributed by atoms with van der Waals surface area (Å²) >= 11 is 0. The van der Waals surface area contributed by atoms with Crippen molar-refractivity contribution in [1.82, 2.24) is 25.2 Å². The summed E-state index contributed by atoms with van der Waals surface area (Å²) in [6.07, 6.45) is 5.65. The second-order valence-electron chi connectivity index (χ2n) is 7.80. The van der Waals surface area contributed by atoms with Crippen molar-refractivity contribution in [2.45, 2.75) is 44.1 Å². The highest BCUT2D eigenvalue weighted by atomic mass is 16.5. The monoisotopic (exact) mass is 363 g/mol. The molecule has 2 aliphatic carbocycles. The van der Waals surface area contributed by atoms with Gasteiger partial charge in [-0.3, -0.25) is 9.48 Å². The predicted octanol–water partition coefficient (Wildman–Crippen LogP) is 2.94. The van der Waals surface area contributed by atoms with Crippen molar-refractivity contribution in [1.29, 1.82) is 0 Å². The maximum atomic E-state index is 12.5. The molecule has 0 radical (unpaired) electrons. The fraction of sp³-hybridized carbons (Fsp3) is 0.400. The molecule has 1 N–H and O–H groups in total. The minimum atomic E-state index is -0.0996. The van der Waals surface area contributed by atoms with E-state index >= 15 is 0 Å². The van der Waals surface area contributed by atoms with Gasteiger partial charge in [-0.25, -0.2) is 0 Å². The topological polar surface area (TPSA) is 85.8 Å². The quantitative estimate of drug-likeness (QED) is 0.770. The molecule has 2 aromatic heterocycles. The third-order valence-corrected chi connectivity index (χ3v) is 5.78. The van der Waals surface area contributed by atoms with Crippen LogP contribution in [0, 0.1) is 0 Å². The van der Waals surface area contributed by atoms with Gasteiger partial charge in [0, 0.05) is 24.2 Å². The molecule has 0 aliphatic heterocycles. The van der Waals surface area contributed by atoms with Crippen LogP contribution in [-0.2, 0) is 18.9 Å². The highest BCUT2D eigenvalue weighted by Crippen LogP contribution is 2.47. The number of amides is 1. The lowest BCUT2D eigenvalue weighted by atomic mass is 10.0. The number of aromatic nitrogens is 4. The molecular weight excluding hydrogens is 342 g/mol. The van der Waals surface area contributed by atoms with Gasteiger partial charge in [0.1, 0.15) is 5.69 Å². The van der Waals surface area contributed by atoms with Gasteiger partial charge in [0.2, 0.25) is 11.7 Å². The molecule has 3 aromatic rings. The zero-order valence-corrected chi connectivity index (χ0v) is 15.4. The smallest absolute Gasteiger partial charge is 0.270 e. The predicted molar refractivity (Wildman–Crippen MR) is 98.1 cm³/mol. The summed E-state index contributed by atoms with van der Waals surface area (Å²) in [6, 6.07) is 7.94. The summed E-state index contributed by atoms with van der Waals surface area (Å²) in [4.78, 5) is 17.1. The molecule has 0 bridgehead atoms. The number of nitrogens with zero attached hydrogens (tertiary/aromatic N) is 4. The van der Waals surface area contributed by atoms with Crippen molar-refractivity contribution in [2.24, 2.45) is 7.05 Å². The van der Waals surface area contributed by atoms with Gasteiger partial charge in [-0.1, -0.05) is 24.2 Å². The van der Waals surface area contributed by atoms with E-state index in [2.05, 4.69) is 39.6 Å². The highest BCUT2D eigenvalue weighted by Gasteiger charge is 2.44. The Balaban J connectivity index is 1.36. The Hall–Kier alpha value is -2.96. The lowest BCUT2D eigenvalue weighted by Gasteiger charge is -2.14. The number of hydrogen-bond donors (Lipinski definition) is 1. The first-order valence-corrected chi connectivity index (χ1v) is 9.30. The van der Waals surface area contributed by atoms with Gasteiger partial charge in [-0.05, 0) is 48.9 Å². The SMILES string of the molecule is Cn1nccc1C(=O)N[C@@H]1CCc2cc(-c3noc(C4(C)CC4)n3)ccc21. The van der Waals surface area contributed by atoms with Crippen LogP contribution < -0.4 is 5.32 Å². The van der Waals surface area contributed by atoms with Crippen molar-refractivity contribution < 1.29 is 9.32 Å². The molecule has 1 amide bonds.